The van der Waals surface area contributed by atoms with Crippen LogP contribution in [0, 0.1) is 17.8 Å². The Morgan fingerprint density at radius 3 is 2.47 bits per heavy atom. The van der Waals surface area contributed by atoms with Crippen molar-refractivity contribution in [2.75, 3.05) is 0 Å². The van der Waals surface area contributed by atoms with Crippen LogP contribution >= 0.6 is 0 Å². The van der Waals surface area contributed by atoms with Crippen LogP contribution in [0.1, 0.15) is 64.7 Å². The van der Waals surface area contributed by atoms with Gasteiger partial charge in [-0.05, 0) is 24.7 Å². The zero-order chi connectivity index (χ0) is 10.7. The molecule has 2 saturated carbocycles. The Bertz CT molecular complexity index is 215. The van der Waals surface area contributed by atoms with Gasteiger partial charge in [0.1, 0.15) is 5.78 Å². The maximum absolute atomic E-state index is 12.1. The van der Waals surface area contributed by atoms with E-state index >= 15 is 0 Å². The van der Waals surface area contributed by atoms with Crippen LogP contribution in [-0.4, -0.2) is 5.78 Å². The molecule has 0 radical (unpaired) electrons. The van der Waals surface area contributed by atoms with Crippen molar-refractivity contribution in [3.05, 3.63) is 0 Å². The molecule has 2 aliphatic carbocycles. The van der Waals surface area contributed by atoms with Crippen molar-refractivity contribution < 1.29 is 4.79 Å². The van der Waals surface area contributed by atoms with Crippen molar-refractivity contribution in [1.29, 1.82) is 0 Å². The fourth-order valence-electron chi connectivity index (χ4n) is 3.39. The van der Waals surface area contributed by atoms with E-state index in [1.165, 1.54) is 51.4 Å². The topological polar surface area (TPSA) is 17.1 Å². The van der Waals surface area contributed by atoms with E-state index < -0.39 is 0 Å². The summed E-state index contributed by atoms with van der Waals surface area (Å²) >= 11 is 0. The van der Waals surface area contributed by atoms with Gasteiger partial charge in [0.25, 0.3) is 0 Å². The fraction of sp³-hybridized carbons (Fsp3) is 0.929. The van der Waals surface area contributed by atoms with Crippen molar-refractivity contribution in [2.24, 2.45) is 17.8 Å². The number of rotatable bonds is 3. The van der Waals surface area contributed by atoms with Gasteiger partial charge in [0.15, 0.2) is 0 Å². The number of carbonyl (C=O) groups excluding carboxylic acids is 1. The molecule has 1 nitrogen and oxygen atoms in total. The van der Waals surface area contributed by atoms with Gasteiger partial charge < -0.3 is 0 Å². The van der Waals surface area contributed by atoms with Gasteiger partial charge in [-0.3, -0.25) is 4.79 Å². The average molecular weight is 208 g/mol. The Labute approximate surface area is 93.6 Å². The third-order valence-electron chi connectivity index (χ3n) is 4.36. The van der Waals surface area contributed by atoms with Gasteiger partial charge in [-0.2, -0.15) is 0 Å². The Morgan fingerprint density at radius 1 is 1.07 bits per heavy atom. The zero-order valence-corrected chi connectivity index (χ0v) is 10.0. The first-order chi connectivity index (χ1) is 7.25. The summed E-state index contributed by atoms with van der Waals surface area (Å²) in [5.74, 6) is 2.55. The SMILES string of the molecule is CC1CCCC(C(=O)CC2CCCC2)C1. The minimum absolute atomic E-state index is 0.425. The molecule has 2 fully saturated rings. The first-order valence-corrected chi connectivity index (χ1v) is 6.78. The van der Waals surface area contributed by atoms with Gasteiger partial charge in [0, 0.05) is 12.3 Å². The molecule has 0 aliphatic heterocycles. The van der Waals surface area contributed by atoms with E-state index in [-0.39, 0.29) is 0 Å². The van der Waals surface area contributed by atoms with Crippen molar-refractivity contribution in [1.82, 2.24) is 0 Å². The maximum atomic E-state index is 12.1. The van der Waals surface area contributed by atoms with E-state index in [2.05, 4.69) is 6.92 Å². The molecule has 0 aromatic carbocycles. The molecule has 0 aromatic rings. The van der Waals surface area contributed by atoms with E-state index in [4.69, 9.17) is 0 Å². The molecule has 1 heteroatoms. The Balaban J connectivity index is 1.78. The Morgan fingerprint density at radius 2 is 1.80 bits per heavy atom. The molecule has 2 atom stereocenters. The molecule has 15 heavy (non-hydrogen) atoms. The lowest BCUT2D eigenvalue weighted by molar-refractivity contribution is -0.125. The summed E-state index contributed by atoms with van der Waals surface area (Å²) in [6.07, 6.45) is 11.2. The predicted molar refractivity (Wildman–Crippen MR) is 62.7 cm³/mol. The van der Waals surface area contributed by atoms with Crippen LogP contribution in [0.25, 0.3) is 0 Å². The molecule has 0 saturated heterocycles. The monoisotopic (exact) mass is 208 g/mol. The van der Waals surface area contributed by atoms with Crippen LogP contribution in [0.5, 0.6) is 0 Å². The fourth-order valence-corrected chi connectivity index (χ4v) is 3.39. The highest BCUT2D eigenvalue weighted by Crippen LogP contribution is 2.33. The summed E-state index contributed by atoms with van der Waals surface area (Å²) in [5.41, 5.74) is 0. The summed E-state index contributed by atoms with van der Waals surface area (Å²) in [5, 5.41) is 0. The first-order valence-electron chi connectivity index (χ1n) is 6.78. The van der Waals surface area contributed by atoms with Crippen molar-refractivity contribution >= 4 is 5.78 Å². The smallest absolute Gasteiger partial charge is 0.136 e. The standard InChI is InChI=1S/C14H24O/c1-11-5-4-8-13(9-11)14(15)10-12-6-2-3-7-12/h11-13H,2-10H2,1H3. The Kier molecular flexibility index (Phi) is 3.82. The first kappa shape index (κ1) is 11.2. The summed E-state index contributed by atoms with van der Waals surface area (Å²) in [6.45, 7) is 2.30. The minimum atomic E-state index is 0.425. The van der Waals surface area contributed by atoms with Crippen molar-refractivity contribution in [3.8, 4) is 0 Å². The lowest BCUT2D eigenvalue weighted by Crippen LogP contribution is -2.23. The summed E-state index contributed by atoms with van der Waals surface area (Å²) in [6, 6.07) is 0. The highest BCUT2D eigenvalue weighted by molar-refractivity contribution is 5.81. The zero-order valence-electron chi connectivity index (χ0n) is 10.0. The van der Waals surface area contributed by atoms with Crippen LogP contribution in [0.4, 0.5) is 0 Å². The quantitative estimate of drug-likeness (QED) is 0.686. The summed E-state index contributed by atoms with van der Waals surface area (Å²) in [7, 11) is 0. The molecule has 0 aromatic heterocycles. The lowest BCUT2D eigenvalue weighted by Gasteiger charge is -2.26. The van der Waals surface area contributed by atoms with E-state index in [1.54, 1.807) is 0 Å². The largest absolute Gasteiger partial charge is 0.299 e. The number of hydrogen-bond acceptors (Lipinski definition) is 1. The molecular weight excluding hydrogens is 184 g/mol. The number of Topliss-reactive ketones (excluding diaryl/α,β-unsaturated/α-hetero) is 1. The second-order valence-corrected chi connectivity index (χ2v) is 5.79. The van der Waals surface area contributed by atoms with Crippen LogP contribution in [0.15, 0.2) is 0 Å². The second kappa shape index (κ2) is 5.14. The van der Waals surface area contributed by atoms with Gasteiger partial charge in [0.05, 0.1) is 0 Å². The van der Waals surface area contributed by atoms with Crippen molar-refractivity contribution in [3.63, 3.8) is 0 Å². The molecule has 2 unspecified atom stereocenters. The lowest BCUT2D eigenvalue weighted by atomic mass is 9.78. The summed E-state index contributed by atoms with van der Waals surface area (Å²) in [4.78, 5) is 12.1. The second-order valence-electron chi connectivity index (χ2n) is 5.79. The Hall–Kier alpha value is -0.330. The normalized spacial score (nSPS) is 33.1. The highest BCUT2D eigenvalue weighted by atomic mass is 16.1. The van der Waals surface area contributed by atoms with Gasteiger partial charge in [0.2, 0.25) is 0 Å². The van der Waals surface area contributed by atoms with E-state index in [0.29, 0.717) is 11.7 Å². The molecule has 2 aliphatic rings. The third kappa shape index (κ3) is 3.06. The van der Waals surface area contributed by atoms with E-state index in [0.717, 1.165) is 18.3 Å². The van der Waals surface area contributed by atoms with Gasteiger partial charge in [-0.1, -0.05) is 45.4 Å². The van der Waals surface area contributed by atoms with Crippen molar-refractivity contribution in [2.45, 2.75) is 64.7 Å². The average Bonchev–Trinajstić information content (AvgIpc) is 2.70. The van der Waals surface area contributed by atoms with E-state index in [9.17, 15) is 4.79 Å². The number of ketones is 1. The van der Waals surface area contributed by atoms with Gasteiger partial charge in [-0.25, -0.2) is 0 Å². The maximum Gasteiger partial charge on any atom is 0.136 e. The van der Waals surface area contributed by atoms with Crippen LogP contribution < -0.4 is 0 Å². The molecule has 0 bridgehead atoms. The predicted octanol–water partition coefficient (Wildman–Crippen LogP) is 3.96. The highest BCUT2D eigenvalue weighted by Gasteiger charge is 2.27. The van der Waals surface area contributed by atoms with Gasteiger partial charge in [-0.15, -0.1) is 0 Å². The van der Waals surface area contributed by atoms with Gasteiger partial charge >= 0.3 is 0 Å². The molecular formula is C14H24O. The van der Waals surface area contributed by atoms with Crippen LogP contribution in [0.2, 0.25) is 0 Å². The van der Waals surface area contributed by atoms with Crippen LogP contribution in [0.3, 0.4) is 0 Å². The summed E-state index contributed by atoms with van der Waals surface area (Å²) < 4.78 is 0. The number of hydrogen-bond donors (Lipinski definition) is 0. The minimum Gasteiger partial charge on any atom is -0.299 e. The van der Waals surface area contributed by atoms with Crippen LogP contribution in [-0.2, 0) is 4.79 Å². The molecule has 0 heterocycles. The molecule has 2 rings (SSSR count). The molecule has 0 N–H and O–H groups in total. The molecule has 86 valence electrons. The van der Waals surface area contributed by atoms with E-state index in [1.807, 2.05) is 0 Å². The number of carbonyl (C=O) groups is 1. The molecule has 0 amide bonds. The molecule has 0 spiro atoms. The third-order valence-corrected chi connectivity index (χ3v) is 4.36.